The van der Waals surface area contributed by atoms with Crippen LogP contribution in [0.4, 0.5) is 5.69 Å². The molecule has 1 heterocycles. The third-order valence-corrected chi connectivity index (χ3v) is 5.92. The Hall–Kier alpha value is -1.61. The maximum absolute atomic E-state index is 13.1. The van der Waals surface area contributed by atoms with Gasteiger partial charge in [0.15, 0.2) is 0 Å². The Balaban J connectivity index is 1.77. The lowest BCUT2D eigenvalue weighted by atomic mass is 9.60. The molecule has 2 aromatic rings. The molecule has 2 aromatic carbocycles. The van der Waals surface area contributed by atoms with Gasteiger partial charge in [0, 0.05) is 10.2 Å². The molecule has 2 aliphatic rings. The first-order valence-electron chi connectivity index (χ1n) is 8.37. The van der Waals surface area contributed by atoms with Crippen molar-refractivity contribution in [2.75, 3.05) is 4.90 Å². The normalized spacial score (nSPS) is 22.9. The van der Waals surface area contributed by atoms with Crippen LogP contribution in [0.1, 0.15) is 43.7 Å². The maximum Gasteiger partial charge on any atom is 0.236 e. The summed E-state index contributed by atoms with van der Waals surface area (Å²) in [5.74, 6) is 0.316. The quantitative estimate of drug-likeness (QED) is 0.641. The zero-order chi connectivity index (χ0) is 15.9. The number of benzene rings is 2. The van der Waals surface area contributed by atoms with Crippen LogP contribution < -0.4 is 4.90 Å². The summed E-state index contributed by atoms with van der Waals surface area (Å²) in [5, 5.41) is 0. The van der Waals surface area contributed by atoms with Crippen LogP contribution in [-0.2, 0) is 4.79 Å². The Morgan fingerprint density at radius 1 is 0.913 bits per heavy atom. The van der Waals surface area contributed by atoms with Gasteiger partial charge in [-0.1, -0.05) is 65.5 Å². The summed E-state index contributed by atoms with van der Waals surface area (Å²) >= 11 is 3.51. The Bertz CT molecular complexity index is 704. The molecule has 1 saturated carbocycles. The average molecular weight is 370 g/mol. The number of carbonyl (C=O) groups excluding carboxylic acids is 1. The minimum atomic E-state index is -0.179. The summed E-state index contributed by atoms with van der Waals surface area (Å²) in [6.07, 6.45) is 5.64. The zero-order valence-corrected chi connectivity index (χ0v) is 14.6. The fourth-order valence-electron chi connectivity index (χ4n) is 4.29. The molecule has 1 aliphatic carbocycles. The van der Waals surface area contributed by atoms with Crippen molar-refractivity contribution in [1.29, 1.82) is 0 Å². The second kappa shape index (κ2) is 5.79. The molecule has 3 heteroatoms. The number of hydrogen-bond acceptors (Lipinski definition) is 1. The van der Waals surface area contributed by atoms with Gasteiger partial charge in [-0.25, -0.2) is 0 Å². The number of anilines is 1. The molecule has 23 heavy (non-hydrogen) atoms. The number of hydrogen-bond donors (Lipinski definition) is 0. The molecule has 2 nitrogen and oxygen atoms in total. The van der Waals surface area contributed by atoms with Crippen molar-refractivity contribution < 1.29 is 4.79 Å². The number of para-hydroxylation sites is 1. The minimum absolute atomic E-state index is 0.172. The highest BCUT2D eigenvalue weighted by atomic mass is 79.9. The van der Waals surface area contributed by atoms with Crippen LogP contribution in [0.5, 0.6) is 0 Å². The number of halogens is 1. The van der Waals surface area contributed by atoms with Crippen LogP contribution in [0.15, 0.2) is 59.1 Å². The van der Waals surface area contributed by atoms with E-state index in [2.05, 4.69) is 40.2 Å². The van der Waals surface area contributed by atoms with Gasteiger partial charge in [-0.2, -0.15) is 0 Å². The van der Waals surface area contributed by atoms with Crippen molar-refractivity contribution in [2.24, 2.45) is 5.41 Å². The van der Waals surface area contributed by atoms with Crippen molar-refractivity contribution >= 4 is 27.5 Å². The molecule has 0 aromatic heterocycles. The van der Waals surface area contributed by atoms with Gasteiger partial charge >= 0.3 is 0 Å². The molecule has 0 N–H and O–H groups in total. The van der Waals surface area contributed by atoms with Crippen molar-refractivity contribution in [3.63, 3.8) is 0 Å². The standard InChI is InChI=1S/C20H20BrNO/c21-16-11-9-15(10-12-16)18-20(13-5-2-6-14-20)19(23)22(18)17-7-3-1-4-8-17/h1,3-4,7-12,18H,2,5-6,13-14H2/t18-/m0/s1. The molecule has 0 unspecified atom stereocenters. The second-order valence-corrected chi connectivity index (χ2v) is 7.60. The van der Waals surface area contributed by atoms with Gasteiger partial charge in [-0.05, 0) is 42.7 Å². The highest BCUT2D eigenvalue weighted by Crippen LogP contribution is 2.59. The molecule has 0 radical (unpaired) electrons. The van der Waals surface area contributed by atoms with Gasteiger partial charge in [-0.15, -0.1) is 0 Å². The fourth-order valence-corrected chi connectivity index (χ4v) is 4.56. The molecule has 1 atom stereocenters. The Morgan fingerprint density at radius 3 is 2.22 bits per heavy atom. The second-order valence-electron chi connectivity index (χ2n) is 6.68. The summed E-state index contributed by atoms with van der Waals surface area (Å²) in [6, 6.07) is 18.7. The predicted molar refractivity (Wildman–Crippen MR) is 96.3 cm³/mol. The summed E-state index contributed by atoms with van der Waals surface area (Å²) < 4.78 is 1.08. The minimum Gasteiger partial charge on any atom is -0.303 e. The topological polar surface area (TPSA) is 20.3 Å². The maximum atomic E-state index is 13.1. The van der Waals surface area contributed by atoms with E-state index in [9.17, 15) is 4.79 Å². The third-order valence-electron chi connectivity index (χ3n) is 5.39. The van der Waals surface area contributed by atoms with Crippen LogP contribution >= 0.6 is 15.9 Å². The number of carbonyl (C=O) groups is 1. The zero-order valence-electron chi connectivity index (χ0n) is 13.0. The van der Waals surface area contributed by atoms with Gasteiger partial charge in [0.25, 0.3) is 0 Å². The van der Waals surface area contributed by atoms with E-state index in [0.717, 1.165) is 23.0 Å². The van der Waals surface area contributed by atoms with Gasteiger partial charge in [0.1, 0.15) is 0 Å². The Labute approximate surface area is 145 Å². The molecule has 1 amide bonds. The molecule has 2 fully saturated rings. The highest BCUT2D eigenvalue weighted by Gasteiger charge is 2.61. The first-order chi connectivity index (χ1) is 11.2. The summed E-state index contributed by atoms with van der Waals surface area (Å²) in [7, 11) is 0. The number of rotatable bonds is 2. The predicted octanol–water partition coefficient (Wildman–Crippen LogP) is 5.49. The Kier molecular flexibility index (Phi) is 3.76. The van der Waals surface area contributed by atoms with E-state index in [4.69, 9.17) is 0 Å². The van der Waals surface area contributed by atoms with E-state index in [0.29, 0.717) is 5.91 Å². The van der Waals surface area contributed by atoms with Crippen LogP contribution in [0, 0.1) is 5.41 Å². The lowest BCUT2D eigenvalue weighted by molar-refractivity contribution is -0.143. The average Bonchev–Trinajstić information content (AvgIpc) is 2.61. The number of nitrogens with zero attached hydrogens (tertiary/aromatic N) is 1. The van der Waals surface area contributed by atoms with Crippen LogP contribution in [0.3, 0.4) is 0 Å². The monoisotopic (exact) mass is 369 g/mol. The largest absolute Gasteiger partial charge is 0.303 e. The fraction of sp³-hybridized carbons (Fsp3) is 0.350. The first-order valence-corrected chi connectivity index (χ1v) is 9.16. The third kappa shape index (κ3) is 2.33. The van der Waals surface area contributed by atoms with Crippen LogP contribution in [-0.4, -0.2) is 5.91 Å². The van der Waals surface area contributed by atoms with E-state index in [1.807, 2.05) is 35.2 Å². The molecule has 4 rings (SSSR count). The molecule has 0 bridgehead atoms. The molecular weight excluding hydrogens is 350 g/mol. The first kappa shape index (κ1) is 14.9. The summed E-state index contributed by atoms with van der Waals surface area (Å²) in [5.41, 5.74) is 2.09. The van der Waals surface area contributed by atoms with E-state index in [-0.39, 0.29) is 11.5 Å². The summed E-state index contributed by atoms with van der Waals surface area (Å²) in [4.78, 5) is 15.1. The SMILES string of the molecule is O=C1N(c2ccccc2)[C@@H](c2ccc(Br)cc2)C12CCCCC2. The lowest BCUT2D eigenvalue weighted by Crippen LogP contribution is -2.64. The molecule has 1 saturated heterocycles. The van der Waals surface area contributed by atoms with Gasteiger partial charge in [0.05, 0.1) is 11.5 Å². The number of amides is 1. The lowest BCUT2D eigenvalue weighted by Gasteiger charge is -2.58. The van der Waals surface area contributed by atoms with Crippen molar-refractivity contribution in [3.05, 3.63) is 64.6 Å². The van der Waals surface area contributed by atoms with Crippen LogP contribution in [0.25, 0.3) is 0 Å². The van der Waals surface area contributed by atoms with Crippen molar-refractivity contribution in [3.8, 4) is 0 Å². The summed E-state index contributed by atoms with van der Waals surface area (Å²) in [6.45, 7) is 0. The smallest absolute Gasteiger partial charge is 0.236 e. The van der Waals surface area contributed by atoms with Gasteiger partial charge < -0.3 is 4.90 Å². The van der Waals surface area contributed by atoms with Crippen LogP contribution in [0.2, 0.25) is 0 Å². The van der Waals surface area contributed by atoms with E-state index in [1.165, 1.54) is 24.8 Å². The van der Waals surface area contributed by atoms with Crippen molar-refractivity contribution in [2.45, 2.75) is 38.1 Å². The van der Waals surface area contributed by atoms with Gasteiger partial charge in [-0.3, -0.25) is 4.79 Å². The molecular formula is C20H20BrNO. The van der Waals surface area contributed by atoms with E-state index in [1.54, 1.807) is 0 Å². The van der Waals surface area contributed by atoms with E-state index >= 15 is 0 Å². The highest BCUT2D eigenvalue weighted by molar-refractivity contribution is 9.10. The number of β-lactam (4-membered cyclic amide) rings is 1. The molecule has 1 spiro atoms. The van der Waals surface area contributed by atoms with E-state index < -0.39 is 0 Å². The van der Waals surface area contributed by atoms with Crippen molar-refractivity contribution in [1.82, 2.24) is 0 Å². The Morgan fingerprint density at radius 2 is 1.57 bits per heavy atom. The van der Waals surface area contributed by atoms with Gasteiger partial charge in [0.2, 0.25) is 5.91 Å². The molecule has 1 aliphatic heterocycles. The molecule has 118 valence electrons.